The fraction of sp³-hybridized carbons (Fsp3) is 0.615. The molecule has 2 N–H and O–H groups in total. The Morgan fingerprint density at radius 3 is 2.90 bits per heavy atom. The van der Waals surface area contributed by atoms with Crippen LogP contribution in [0.4, 0.5) is 0 Å². The summed E-state index contributed by atoms with van der Waals surface area (Å²) in [4.78, 5) is 6.38. The van der Waals surface area contributed by atoms with E-state index in [9.17, 15) is 0 Å². The average Bonchev–Trinajstić information content (AvgIpc) is 3.09. The van der Waals surface area contributed by atoms with Crippen LogP contribution in [0.5, 0.6) is 0 Å². The maximum Gasteiger partial charge on any atom is 0.147 e. The van der Waals surface area contributed by atoms with Crippen LogP contribution in [0.3, 0.4) is 0 Å². The van der Waals surface area contributed by atoms with Gasteiger partial charge in [0.2, 0.25) is 0 Å². The molecule has 0 aromatic carbocycles. The van der Waals surface area contributed by atoms with Gasteiger partial charge in [-0.25, -0.2) is 4.98 Å². The summed E-state index contributed by atoms with van der Waals surface area (Å²) in [6, 6.07) is -0.135. The monoisotopic (exact) mass is 311 g/mol. The Morgan fingerprint density at radius 2 is 2.29 bits per heavy atom. The molecule has 0 aliphatic carbocycles. The molecular formula is C13H22ClN7. The second kappa shape index (κ2) is 7.53. The van der Waals surface area contributed by atoms with E-state index in [0.29, 0.717) is 5.02 Å². The minimum atomic E-state index is -0.135. The molecule has 2 heterocycles. The van der Waals surface area contributed by atoms with E-state index in [4.69, 9.17) is 11.6 Å². The van der Waals surface area contributed by atoms with E-state index in [1.165, 1.54) is 6.33 Å². The van der Waals surface area contributed by atoms with Crippen molar-refractivity contribution in [2.45, 2.75) is 25.9 Å². The number of aromatic nitrogens is 5. The number of hydrogen-bond donors (Lipinski definition) is 2. The Morgan fingerprint density at radius 1 is 1.48 bits per heavy atom. The topological polar surface area (TPSA) is 74.7 Å². The van der Waals surface area contributed by atoms with Crippen LogP contribution in [0, 0.1) is 0 Å². The fourth-order valence-electron chi connectivity index (χ4n) is 2.10. The number of nitrogens with zero attached hydrogens (tertiary/aromatic N) is 5. The molecule has 1 atom stereocenters. The van der Waals surface area contributed by atoms with E-state index in [-0.39, 0.29) is 6.04 Å². The quantitative estimate of drug-likeness (QED) is 0.769. The first-order valence-corrected chi connectivity index (χ1v) is 7.45. The van der Waals surface area contributed by atoms with E-state index in [1.54, 1.807) is 6.20 Å². The summed E-state index contributed by atoms with van der Waals surface area (Å²) in [6.07, 6.45) is 4.21. The first-order chi connectivity index (χ1) is 10.1. The summed E-state index contributed by atoms with van der Waals surface area (Å²) in [5.41, 5.74) is 0.920. The molecule has 0 saturated carbocycles. The molecule has 2 aromatic heterocycles. The third-order valence-corrected chi connectivity index (χ3v) is 3.46. The van der Waals surface area contributed by atoms with E-state index in [1.807, 2.05) is 18.8 Å². The minimum absolute atomic E-state index is 0.135. The highest BCUT2D eigenvalue weighted by Gasteiger charge is 2.24. The van der Waals surface area contributed by atoms with Crippen molar-refractivity contribution in [3.63, 3.8) is 0 Å². The van der Waals surface area contributed by atoms with Gasteiger partial charge in [0, 0.05) is 6.54 Å². The van der Waals surface area contributed by atoms with Gasteiger partial charge < -0.3 is 10.2 Å². The lowest BCUT2D eigenvalue weighted by molar-refractivity contribution is 0.364. The SMILES string of the molecule is CCCNC(c1ncn[nH]1)c1c(Cl)cnn1CCN(C)C. The average molecular weight is 312 g/mol. The number of likely N-dealkylation sites (N-methyl/N-ethyl adjacent to an activating group) is 1. The molecule has 1 unspecified atom stereocenters. The van der Waals surface area contributed by atoms with Crippen molar-refractivity contribution in [2.75, 3.05) is 27.2 Å². The second-order valence-corrected chi connectivity index (χ2v) is 5.57. The van der Waals surface area contributed by atoms with Gasteiger partial charge in [0.15, 0.2) is 0 Å². The zero-order valence-corrected chi connectivity index (χ0v) is 13.4. The lowest BCUT2D eigenvalue weighted by atomic mass is 10.2. The van der Waals surface area contributed by atoms with Crippen LogP contribution in [-0.2, 0) is 6.54 Å². The van der Waals surface area contributed by atoms with E-state index in [2.05, 4.69) is 37.4 Å². The third kappa shape index (κ3) is 4.03. The highest BCUT2D eigenvalue weighted by atomic mass is 35.5. The summed E-state index contributed by atoms with van der Waals surface area (Å²) in [5, 5.41) is 15.3. The minimum Gasteiger partial charge on any atom is -0.308 e. The molecule has 0 amide bonds. The number of rotatable bonds is 8. The third-order valence-electron chi connectivity index (χ3n) is 3.17. The molecule has 0 aliphatic rings. The molecule has 2 rings (SSSR count). The van der Waals surface area contributed by atoms with Crippen LogP contribution >= 0.6 is 11.6 Å². The van der Waals surface area contributed by atoms with Crippen molar-refractivity contribution in [2.24, 2.45) is 0 Å². The molecule has 0 spiro atoms. The van der Waals surface area contributed by atoms with Gasteiger partial charge in [-0.05, 0) is 27.1 Å². The molecule has 0 fully saturated rings. The zero-order valence-electron chi connectivity index (χ0n) is 12.7. The van der Waals surface area contributed by atoms with Crippen molar-refractivity contribution in [1.29, 1.82) is 0 Å². The Hall–Kier alpha value is -1.44. The van der Waals surface area contributed by atoms with Crippen molar-refractivity contribution < 1.29 is 0 Å². The van der Waals surface area contributed by atoms with Gasteiger partial charge in [-0.1, -0.05) is 18.5 Å². The first kappa shape index (κ1) is 15.9. The maximum atomic E-state index is 6.35. The summed E-state index contributed by atoms with van der Waals surface area (Å²) in [7, 11) is 4.07. The van der Waals surface area contributed by atoms with Crippen molar-refractivity contribution in [3.05, 3.63) is 29.1 Å². The van der Waals surface area contributed by atoms with Crippen molar-refractivity contribution in [1.82, 2.24) is 35.2 Å². The molecule has 2 aromatic rings. The lowest BCUT2D eigenvalue weighted by Crippen LogP contribution is -2.28. The van der Waals surface area contributed by atoms with Gasteiger partial charge in [-0.2, -0.15) is 10.2 Å². The second-order valence-electron chi connectivity index (χ2n) is 5.16. The largest absolute Gasteiger partial charge is 0.308 e. The van der Waals surface area contributed by atoms with Gasteiger partial charge in [0.05, 0.1) is 23.5 Å². The highest BCUT2D eigenvalue weighted by molar-refractivity contribution is 6.31. The molecule has 0 saturated heterocycles. The first-order valence-electron chi connectivity index (χ1n) is 7.08. The highest BCUT2D eigenvalue weighted by Crippen LogP contribution is 2.26. The number of H-pyrrole nitrogens is 1. The van der Waals surface area contributed by atoms with Gasteiger partial charge in [0.1, 0.15) is 18.2 Å². The van der Waals surface area contributed by atoms with Crippen LogP contribution in [0.2, 0.25) is 5.02 Å². The van der Waals surface area contributed by atoms with E-state index < -0.39 is 0 Å². The van der Waals surface area contributed by atoms with Gasteiger partial charge in [-0.15, -0.1) is 0 Å². The summed E-state index contributed by atoms with van der Waals surface area (Å²) < 4.78 is 1.93. The fourth-order valence-corrected chi connectivity index (χ4v) is 2.35. The molecule has 7 nitrogen and oxygen atoms in total. The predicted octanol–water partition coefficient (Wildman–Crippen LogP) is 1.31. The number of aromatic amines is 1. The van der Waals surface area contributed by atoms with Gasteiger partial charge >= 0.3 is 0 Å². The smallest absolute Gasteiger partial charge is 0.147 e. The summed E-state index contributed by atoms with van der Waals surface area (Å²) >= 11 is 6.35. The molecule has 8 heteroatoms. The van der Waals surface area contributed by atoms with Crippen LogP contribution in [0.25, 0.3) is 0 Å². The van der Waals surface area contributed by atoms with E-state index >= 15 is 0 Å². The molecular weight excluding hydrogens is 290 g/mol. The normalized spacial score (nSPS) is 13.0. The summed E-state index contributed by atoms with van der Waals surface area (Å²) in [5.74, 6) is 0.747. The van der Waals surface area contributed by atoms with Crippen LogP contribution in [0.15, 0.2) is 12.5 Å². The predicted molar refractivity (Wildman–Crippen MR) is 82.3 cm³/mol. The van der Waals surface area contributed by atoms with Gasteiger partial charge in [-0.3, -0.25) is 9.78 Å². The molecule has 21 heavy (non-hydrogen) atoms. The molecule has 116 valence electrons. The Balaban J connectivity index is 2.28. The Bertz CT molecular complexity index is 535. The van der Waals surface area contributed by atoms with Crippen LogP contribution < -0.4 is 5.32 Å². The Labute approximate surface area is 129 Å². The molecule has 0 radical (unpaired) electrons. The maximum absolute atomic E-state index is 6.35. The number of nitrogens with one attached hydrogen (secondary N) is 2. The Kier molecular flexibility index (Phi) is 5.72. The van der Waals surface area contributed by atoms with Crippen LogP contribution in [0.1, 0.15) is 30.9 Å². The number of halogens is 1. The van der Waals surface area contributed by atoms with Gasteiger partial charge in [0.25, 0.3) is 0 Å². The van der Waals surface area contributed by atoms with Crippen LogP contribution in [-0.4, -0.2) is 57.0 Å². The van der Waals surface area contributed by atoms with E-state index in [0.717, 1.165) is 37.6 Å². The number of hydrogen-bond acceptors (Lipinski definition) is 5. The zero-order chi connectivity index (χ0) is 15.2. The lowest BCUT2D eigenvalue weighted by Gasteiger charge is -2.19. The standard InChI is InChI=1S/C13H22ClN7/c1-4-5-15-11(13-16-9-17-19-13)12-10(14)8-18-21(12)7-6-20(2)3/h8-9,11,15H,4-7H2,1-3H3,(H,16,17,19). The molecule has 0 aliphatic heterocycles. The summed E-state index contributed by atoms with van der Waals surface area (Å²) in [6.45, 7) is 4.64. The molecule has 0 bridgehead atoms. The van der Waals surface area contributed by atoms with Crippen molar-refractivity contribution in [3.8, 4) is 0 Å². The van der Waals surface area contributed by atoms with Crippen molar-refractivity contribution >= 4 is 11.6 Å².